The van der Waals surface area contributed by atoms with E-state index in [2.05, 4.69) is 46.4 Å². The van der Waals surface area contributed by atoms with Crippen molar-refractivity contribution in [2.75, 3.05) is 7.11 Å². The molecule has 0 unspecified atom stereocenters. The van der Waals surface area contributed by atoms with Crippen LogP contribution in [0.5, 0.6) is 5.75 Å². The standard InChI is InChI=1S/C15H15N3OS/c1-10(20-15-16-9-17-18-15)11-3-4-13-8-14(19-2)6-5-12(13)7-11/h3-10H,1-2H3,(H,16,17,18)/t10-/m1/s1. The quantitative estimate of drug-likeness (QED) is 0.740. The molecule has 0 aliphatic rings. The number of hydrogen-bond acceptors (Lipinski definition) is 4. The van der Waals surface area contributed by atoms with E-state index in [1.807, 2.05) is 12.1 Å². The Morgan fingerprint density at radius 3 is 2.70 bits per heavy atom. The Bertz CT molecular complexity index is 712. The second-order valence-electron chi connectivity index (χ2n) is 4.52. The molecule has 0 radical (unpaired) electrons. The molecule has 102 valence electrons. The van der Waals surface area contributed by atoms with Crippen LogP contribution in [0, 0.1) is 0 Å². The molecular formula is C15H15N3OS. The fraction of sp³-hybridized carbons (Fsp3) is 0.200. The molecule has 20 heavy (non-hydrogen) atoms. The van der Waals surface area contributed by atoms with E-state index in [1.54, 1.807) is 18.9 Å². The Balaban J connectivity index is 1.88. The average molecular weight is 285 g/mol. The van der Waals surface area contributed by atoms with Crippen molar-refractivity contribution in [1.82, 2.24) is 15.2 Å². The summed E-state index contributed by atoms with van der Waals surface area (Å²) >= 11 is 1.67. The Morgan fingerprint density at radius 2 is 1.95 bits per heavy atom. The zero-order valence-corrected chi connectivity index (χ0v) is 12.1. The topological polar surface area (TPSA) is 50.8 Å². The van der Waals surface area contributed by atoms with Gasteiger partial charge in [0.05, 0.1) is 7.11 Å². The highest BCUT2D eigenvalue weighted by atomic mass is 32.2. The molecule has 2 aromatic carbocycles. The van der Waals surface area contributed by atoms with Crippen LogP contribution in [-0.4, -0.2) is 22.3 Å². The number of aromatic nitrogens is 3. The van der Waals surface area contributed by atoms with Crippen molar-refractivity contribution in [2.45, 2.75) is 17.3 Å². The van der Waals surface area contributed by atoms with Crippen LogP contribution < -0.4 is 4.74 Å². The van der Waals surface area contributed by atoms with Crippen molar-refractivity contribution in [3.63, 3.8) is 0 Å². The molecule has 0 saturated heterocycles. The molecule has 0 aliphatic carbocycles. The highest BCUT2D eigenvalue weighted by Crippen LogP contribution is 2.34. The van der Waals surface area contributed by atoms with Crippen molar-refractivity contribution in [1.29, 1.82) is 0 Å². The molecule has 0 spiro atoms. The number of thioether (sulfide) groups is 1. The van der Waals surface area contributed by atoms with Crippen LogP contribution in [-0.2, 0) is 0 Å². The third-order valence-corrected chi connectivity index (χ3v) is 4.27. The molecule has 0 aliphatic heterocycles. The second-order valence-corrected chi connectivity index (χ2v) is 5.85. The van der Waals surface area contributed by atoms with Gasteiger partial charge >= 0.3 is 0 Å². The molecule has 1 aromatic heterocycles. The van der Waals surface area contributed by atoms with Crippen LogP contribution in [0.15, 0.2) is 47.9 Å². The molecule has 0 amide bonds. The van der Waals surface area contributed by atoms with Crippen LogP contribution in [0.4, 0.5) is 0 Å². The summed E-state index contributed by atoms with van der Waals surface area (Å²) in [5.74, 6) is 0.884. The molecule has 3 aromatic rings. The SMILES string of the molecule is COc1ccc2cc([C@@H](C)Sc3ncn[nH]3)ccc2c1. The first-order chi connectivity index (χ1) is 9.76. The molecule has 5 heteroatoms. The lowest BCUT2D eigenvalue weighted by Crippen LogP contribution is -1.90. The zero-order valence-electron chi connectivity index (χ0n) is 11.3. The smallest absolute Gasteiger partial charge is 0.183 e. The molecule has 0 bridgehead atoms. The van der Waals surface area contributed by atoms with Crippen LogP contribution in [0.1, 0.15) is 17.7 Å². The van der Waals surface area contributed by atoms with Gasteiger partial charge in [-0.25, -0.2) is 4.98 Å². The van der Waals surface area contributed by atoms with Crippen molar-refractivity contribution >= 4 is 22.5 Å². The van der Waals surface area contributed by atoms with Gasteiger partial charge in [0.25, 0.3) is 0 Å². The molecule has 1 heterocycles. The highest BCUT2D eigenvalue weighted by Gasteiger charge is 2.10. The third-order valence-electron chi connectivity index (χ3n) is 3.22. The molecule has 3 rings (SSSR count). The van der Waals surface area contributed by atoms with E-state index in [0.717, 1.165) is 10.9 Å². The van der Waals surface area contributed by atoms with Crippen LogP contribution in [0.25, 0.3) is 10.8 Å². The number of nitrogens with one attached hydrogen (secondary N) is 1. The van der Waals surface area contributed by atoms with Gasteiger partial charge in [0.2, 0.25) is 0 Å². The van der Waals surface area contributed by atoms with Gasteiger partial charge in [0, 0.05) is 5.25 Å². The summed E-state index contributed by atoms with van der Waals surface area (Å²) in [5.41, 5.74) is 1.27. The van der Waals surface area contributed by atoms with E-state index < -0.39 is 0 Å². The lowest BCUT2D eigenvalue weighted by atomic mass is 10.1. The Hall–Kier alpha value is -2.01. The number of benzene rings is 2. The molecule has 1 N–H and O–H groups in total. The molecule has 0 fully saturated rings. The molecule has 4 nitrogen and oxygen atoms in total. The van der Waals surface area contributed by atoms with E-state index >= 15 is 0 Å². The number of H-pyrrole nitrogens is 1. The zero-order chi connectivity index (χ0) is 13.9. The van der Waals surface area contributed by atoms with Crippen molar-refractivity contribution in [3.8, 4) is 5.75 Å². The lowest BCUT2D eigenvalue weighted by molar-refractivity contribution is 0.415. The number of rotatable bonds is 4. The molecule has 1 atom stereocenters. The monoisotopic (exact) mass is 285 g/mol. The van der Waals surface area contributed by atoms with Gasteiger partial charge in [-0.1, -0.05) is 36.0 Å². The van der Waals surface area contributed by atoms with E-state index in [0.29, 0.717) is 5.25 Å². The Kier molecular flexibility index (Phi) is 3.60. The van der Waals surface area contributed by atoms with Gasteiger partial charge in [0.1, 0.15) is 12.1 Å². The number of fused-ring (bicyclic) bond motifs is 1. The minimum atomic E-state index is 0.314. The predicted octanol–water partition coefficient (Wildman–Crippen LogP) is 3.82. The first-order valence-corrected chi connectivity index (χ1v) is 7.24. The Morgan fingerprint density at radius 1 is 1.15 bits per heavy atom. The minimum Gasteiger partial charge on any atom is -0.497 e. The second kappa shape index (κ2) is 5.54. The first-order valence-electron chi connectivity index (χ1n) is 6.36. The summed E-state index contributed by atoms with van der Waals surface area (Å²) in [6.07, 6.45) is 1.53. The Labute approximate surface area is 121 Å². The van der Waals surface area contributed by atoms with Crippen molar-refractivity contribution < 1.29 is 4.74 Å². The van der Waals surface area contributed by atoms with E-state index in [1.165, 1.54) is 22.7 Å². The van der Waals surface area contributed by atoms with E-state index in [-0.39, 0.29) is 0 Å². The average Bonchev–Trinajstić information content (AvgIpc) is 2.99. The summed E-state index contributed by atoms with van der Waals surface area (Å²) in [7, 11) is 1.69. The number of nitrogens with zero attached hydrogens (tertiary/aromatic N) is 2. The molecular weight excluding hydrogens is 270 g/mol. The highest BCUT2D eigenvalue weighted by molar-refractivity contribution is 7.99. The van der Waals surface area contributed by atoms with Crippen LogP contribution in [0.2, 0.25) is 0 Å². The van der Waals surface area contributed by atoms with Gasteiger partial charge < -0.3 is 4.74 Å². The fourth-order valence-corrected chi connectivity index (χ4v) is 2.94. The van der Waals surface area contributed by atoms with Crippen LogP contribution >= 0.6 is 11.8 Å². The minimum absolute atomic E-state index is 0.314. The summed E-state index contributed by atoms with van der Waals surface area (Å²) in [6, 6.07) is 12.6. The van der Waals surface area contributed by atoms with E-state index in [9.17, 15) is 0 Å². The lowest BCUT2D eigenvalue weighted by Gasteiger charge is -2.11. The summed E-state index contributed by atoms with van der Waals surface area (Å²) in [6.45, 7) is 2.16. The van der Waals surface area contributed by atoms with Crippen molar-refractivity contribution in [3.05, 3.63) is 48.3 Å². The van der Waals surface area contributed by atoms with Crippen LogP contribution in [0.3, 0.4) is 0 Å². The number of hydrogen-bond donors (Lipinski definition) is 1. The van der Waals surface area contributed by atoms with Gasteiger partial charge in [-0.05, 0) is 35.4 Å². The maximum atomic E-state index is 5.25. The van der Waals surface area contributed by atoms with Gasteiger partial charge in [0.15, 0.2) is 5.16 Å². The number of ether oxygens (including phenoxy) is 1. The summed E-state index contributed by atoms with van der Waals surface area (Å²) in [4.78, 5) is 4.15. The molecule has 0 saturated carbocycles. The number of methoxy groups -OCH3 is 1. The fourth-order valence-electron chi connectivity index (χ4n) is 2.11. The summed E-state index contributed by atoms with van der Waals surface area (Å²) < 4.78 is 5.25. The summed E-state index contributed by atoms with van der Waals surface area (Å²) in [5, 5.41) is 10.3. The predicted molar refractivity (Wildman–Crippen MR) is 81.2 cm³/mol. The van der Waals surface area contributed by atoms with Crippen molar-refractivity contribution in [2.24, 2.45) is 0 Å². The largest absolute Gasteiger partial charge is 0.497 e. The van der Waals surface area contributed by atoms with E-state index in [4.69, 9.17) is 4.74 Å². The normalized spacial score (nSPS) is 12.5. The number of aromatic amines is 1. The maximum Gasteiger partial charge on any atom is 0.183 e. The first kappa shape index (κ1) is 13.0. The maximum absolute atomic E-state index is 5.25. The van der Waals surface area contributed by atoms with Gasteiger partial charge in [-0.3, -0.25) is 5.10 Å². The third kappa shape index (κ3) is 2.63. The van der Waals surface area contributed by atoms with Gasteiger partial charge in [-0.15, -0.1) is 0 Å². The van der Waals surface area contributed by atoms with Gasteiger partial charge in [-0.2, -0.15) is 5.10 Å².